The number of pyridine rings is 1. The van der Waals surface area contributed by atoms with Crippen LogP contribution in [0.4, 0.5) is 13.2 Å². The fraction of sp³-hybridized carbons (Fsp3) is 0.435. The van der Waals surface area contributed by atoms with E-state index in [-0.39, 0.29) is 34.1 Å². The average Bonchev–Trinajstić information content (AvgIpc) is 3.14. The molecule has 13 heteroatoms. The van der Waals surface area contributed by atoms with Crippen molar-refractivity contribution >= 4 is 39.3 Å². The van der Waals surface area contributed by atoms with Crippen LogP contribution >= 0.6 is 11.6 Å². The number of hydrogen-bond acceptors (Lipinski definition) is 6. The van der Waals surface area contributed by atoms with E-state index in [4.69, 9.17) is 21.1 Å². The summed E-state index contributed by atoms with van der Waals surface area (Å²) in [5, 5.41) is 3.12. The number of carbonyl (C=O) groups excluding carboxylic acids is 1. The van der Waals surface area contributed by atoms with E-state index < -0.39 is 29.1 Å². The number of aryl methyl sites for hydroxylation is 2. The van der Waals surface area contributed by atoms with Crippen LogP contribution in [0, 0.1) is 6.92 Å². The normalized spacial score (nSPS) is 20.4. The molecular formula is C23H24ClF3N4O4S. The summed E-state index contributed by atoms with van der Waals surface area (Å²) < 4.78 is 61.9. The number of carbonyl (C=O) groups is 1. The molecule has 0 bridgehead atoms. The number of alkyl halides is 3. The van der Waals surface area contributed by atoms with Gasteiger partial charge in [-0.25, -0.2) is 9.97 Å². The number of aromatic nitrogens is 3. The lowest BCUT2D eigenvalue weighted by atomic mass is 9.95. The third-order valence-electron chi connectivity index (χ3n) is 6.02. The fourth-order valence-electron chi connectivity index (χ4n) is 3.90. The van der Waals surface area contributed by atoms with Crippen LogP contribution in [0.1, 0.15) is 35.9 Å². The third-order valence-corrected chi connectivity index (χ3v) is 7.55. The standard InChI is InChI=1S/C23H24ClF3N4O4S/c1-13-16(35-21-17(10-14(24)11-28-21)34-12-23(25,26)27)5-4-15-18(13)29-19(31(15)3)20(32)30-22(2)6-8-36(33)9-7-22/h4-5,10-11H,6-9,12H2,1-3H3,(H,30,32). The van der Waals surface area contributed by atoms with Crippen LogP contribution in [0.2, 0.25) is 5.02 Å². The van der Waals surface area contributed by atoms with Gasteiger partial charge in [0, 0.05) is 52.7 Å². The number of imidazole rings is 1. The van der Waals surface area contributed by atoms with Crippen molar-refractivity contribution in [3.8, 4) is 17.4 Å². The minimum atomic E-state index is -4.55. The Balaban J connectivity index is 1.61. The Morgan fingerprint density at radius 3 is 2.64 bits per heavy atom. The van der Waals surface area contributed by atoms with Crippen molar-refractivity contribution in [3.63, 3.8) is 0 Å². The van der Waals surface area contributed by atoms with Crippen molar-refractivity contribution in [1.29, 1.82) is 0 Å². The van der Waals surface area contributed by atoms with Crippen molar-refractivity contribution in [2.75, 3.05) is 18.1 Å². The van der Waals surface area contributed by atoms with Crippen LogP contribution in [0.5, 0.6) is 17.4 Å². The fourth-order valence-corrected chi connectivity index (χ4v) is 5.61. The van der Waals surface area contributed by atoms with Gasteiger partial charge in [-0.2, -0.15) is 13.2 Å². The Morgan fingerprint density at radius 1 is 1.28 bits per heavy atom. The molecule has 1 N–H and O–H groups in total. The predicted molar refractivity (Wildman–Crippen MR) is 129 cm³/mol. The lowest BCUT2D eigenvalue weighted by molar-refractivity contribution is -0.153. The highest BCUT2D eigenvalue weighted by atomic mass is 35.5. The second kappa shape index (κ2) is 9.89. The van der Waals surface area contributed by atoms with Crippen LogP contribution in [-0.2, 0) is 17.8 Å². The van der Waals surface area contributed by atoms with Gasteiger partial charge in [0.05, 0.1) is 16.1 Å². The smallest absolute Gasteiger partial charge is 0.422 e. The molecule has 3 aromatic rings. The summed E-state index contributed by atoms with van der Waals surface area (Å²) >= 11 is 5.87. The van der Waals surface area contributed by atoms with E-state index in [9.17, 15) is 22.2 Å². The number of nitrogens with one attached hydrogen (secondary N) is 1. The number of nitrogens with zero attached hydrogens (tertiary/aromatic N) is 3. The molecule has 0 unspecified atom stereocenters. The first-order chi connectivity index (χ1) is 16.8. The number of fused-ring (bicyclic) bond motifs is 1. The lowest BCUT2D eigenvalue weighted by Crippen LogP contribution is -2.50. The summed E-state index contributed by atoms with van der Waals surface area (Å²) in [6.07, 6.45) is -2.10. The monoisotopic (exact) mass is 544 g/mol. The van der Waals surface area contributed by atoms with E-state index in [0.29, 0.717) is 40.9 Å². The Morgan fingerprint density at radius 2 is 1.97 bits per heavy atom. The molecule has 4 rings (SSSR count). The number of hydrogen-bond donors (Lipinski definition) is 1. The van der Waals surface area contributed by atoms with Gasteiger partial charge in [-0.1, -0.05) is 11.6 Å². The van der Waals surface area contributed by atoms with Gasteiger partial charge in [-0.05, 0) is 38.8 Å². The first-order valence-corrected chi connectivity index (χ1v) is 12.9. The van der Waals surface area contributed by atoms with Crippen molar-refractivity contribution in [1.82, 2.24) is 19.9 Å². The molecule has 1 aromatic carbocycles. The Kier molecular flexibility index (Phi) is 7.20. The molecule has 2 aromatic heterocycles. The number of rotatable bonds is 6. The van der Waals surface area contributed by atoms with E-state index in [0.717, 1.165) is 0 Å². The maximum absolute atomic E-state index is 13.1. The molecule has 0 radical (unpaired) electrons. The molecule has 1 fully saturated rings. The third kappa shape index (κ3) is 5.75. The van der Waals surface area contributed by atoms with E-state index in [1.165, 1.54) is 12.3 Å². The highest BCUT2D eigenvalue weighted by Crippen LogP contribution is 2.36. The van der Waals surface area contributed by atoms with E-state index >= 15 is 0 Å². The van der Waals surface area contributed by atoms with Crippen LogP contribution < -0.4 is 14.8 Å². The second-order valence-electron chi connectivity index (χ2n) is 8.88. The zero-order valence-corrected chi connectivity index (χ0v) is 21.3. The van der Waals surface area contributed by atoms with Crippen molar-refractivity contribution in [2.24, 2.45) is 7.05 Å². The number of ether oxygens (including phenoxy) is 2. The summed E-state index contributed by atoms with van der Waals surface area (Å²) in [7, 11) is 0.857. The first-order valence-electron chi connectivity index (χ1n) is 11.0. The molecular weight excluding hydrogens is 521 g/mol. The Labute approximate surface area is 212 Å². The lowest BCUT2D eigenvalue weighted by Gasteiger charge is -2.33. The maximum atomic E-state index is 13.1. The minimum Gasteiger partial charge on any atom is -0.478 e. The van der Waals surface area contributed by atoms with E-state index in [1.807, 2.05) is 6.92 Å². The van der Waals surface area contributed by atoms with Crippen LogP contribution in [0.3, 0.4) is 0 Å². The van der Waals surface area contributed by atoms with Gasteiger partial charge in [0.15, 0.2) is 18.2 Å². The van der Waals surface area contributed by atoms with Crippen molar-refractivity contribution in [3.05, 3.63) is 40.8 Å². The summed E-state index contributed by atoms with van der Waals surface area (Å²) in [4.78, 5) is 21.6. The highest BCUT2D eigenvalue weighted by Gasteiger charge is 2.33. The quantitative estimate of drug-likeness (QED) is 0.483. The molecule has 8 nitrogen and oxygen atoms in total. The van der Waals surface area contributed by atoms with Crippen molar-refractivity contribution < 1.29 is 31.6 Å². The summed E-state index contributed by atoms with van der Waals surface area (Å²) in [5.74, 6) is 0.731. The Bertz CT molecular complexity index is 1340. The zero-order valence-electron chi connectivity index (χ0n) is 19.7. The van der Waals surface area contributed by atoms with Gasteiger partial charge >= 0.3 is 6.18 Å². The van der Waals surface area contributed by atoms with Crippen molar-refractivity contribution in [2.45, 2.75) is 38.4 Å². The number of benzene rings is 1. The largest absolute Gasteiger partial charge is 0.478 e. The molecule has 0 spiro atoms. The molecule has 1 saturated heterocycles. The number of amides is 1. The Hall–Kier alpha value is -2.86. The van der Waals surface area contributed by atoms with Gasteiger partial charge in [0.1, 0.15) is 5.75 Å². The highest BCUT2D eigenvalue weighted by molar-refractivity contribution is 7.85. The van der Waals surface area contributed by atoms with Gasteiger partial charge in [0.25, 0.3) is 11.8 Å². The van der Waals surface area contributed by atoms with Gasteiger partial charge in [-0.3, -0.25) is 9.00 Å². The van der Waals surface area contributed by atoms with Gasteiger partial charge in [0.2, 0.25) is 0 Å². The molecule has 3 heterocycles. The minimum absolute atomic E-state index is 0.0879. The van der Waals surface area contributed by atoms with E-state index in [2.05, 4.69) is 15.3 Å². The van der Waals surface area contributed by atoms with E-state index in [1.54, 1.807) is 30.7 Å². The topological polar surface area (TPSA) is 95.3 Å². The maximum Gasteiger partial charge on any atom is 0.422 e. The van der Waals surface area contributed by atoms with Gasteiger partial charge in [-0.15, -0.1) is 0 Å². The SMILES string of the molecule is Cc1c(Oc2ncc(Cl)cc2OCC(F)(F)F)ccc2c1nc(C(=O)NC1(C)CCS(=O)CC1)n2C. The predicted octanol–water partition coefficient (Wildman–Crippen LogP) is 4.69. The van der Waals surface area contributed by atoms with Gasteiger partial charge < -0.3 is 19.4 Å². The zero-order chi connectivity index (χ0) is 26.3. The van der Waals surface area contributed by atoms with Crippen LogP contribution in [-0.4, -0.2) is 54.5 Å². The molecule has 1 aliphatic rings. The molecule has 36 heavy (non-hydrogen) atoms. The molecule has 0 atom stereocenters. The summed E-state index contributed by atoms with van der Waals surface area (Å²) in [5.41, 5.74) is 1.23. The molecule has 0 aliphatic carbocycles. The summed E-state index contributed by atoms with van der Waals surface area (Å²) in [6, 6.07) is 4.50. The molecule has 1 aliphatic heterocycles. The molecule has 1 amide bonds. The van der Waals surface area contributed by atoms with Crippen LogP contribution in [0.15, 0.2) is 24.4 Å². The molecule has 0 saturated carbocycles. The second-order valence-corrected chi connectivity index (χ2v) is 11.0. The molecule has 194 valence electrons. The average molecular weight is 545 g/mol. The summed E-state index contributed by atoms with van der Waals surface area (Å²) in [6.45, 7) is 2.12. The van der Waals surface area contributed by atoms with Crippen LogP contribution in [0.25, 0.3) is 11.0 Å². The number of halogens is 4. The first kappa shape index (κ1) is 26.2.